The van der Waals surface area contributed by atoms with E-state index in [1.54, 1.807) is 55.6 Å². The number of aryl methyl sites for hydroxylation is 1. The number of ether oxygens (including phenoxy) is 3. The summed E-state index contributed by atoms with van der Waals surface area (Å²) >= 11 is 0. The number of nitrogens with one attached hydrogen (secondary N) is 1. The van der Waals surface area contributed by atoms with Gasteiger partial charge >= 0.3 is 5.97 Å². The van der Waals surface area contributed by atoms with Crippen LogP contribution < -0.4 is 19.5 Å². The number of carbonyl (C=O) groups excluding carboxylic acids is 1. The molecule has 2 aromatic rings. The molecule has 0 spiro atoms. The van der Waals surface area contributed by atoms with Crippen molar-refractivity contribution in [3.05, 3.63) is 54.1 Å². The van der Waals surface area contributed by atoms with Gasteiger partial charge in [0.15, 0.2) is 6.61 Å². The fraction of sp³-hybridized carbons (Fsp3) is 0.300. The molecular weight excluding hydrogens is 350 g/mol. The third-order valence-electron chi connectivity index (χ3n) is 3.67. The summed E-state index contributed by atoms with van der Waals surface area (Å²) in [7, 11) is 1.60. The van der Waals surface area contributed by atoms with Gasteiger partial charge in [0.05, 0.1) is 13.7 Å². The second kappa shape index (κ2) is 10.7. The maximum absolute atomic E-state index is 11.8. The molecule has 7 heteroatoms. The number of amides is 1. The standard InChI is InChI=1S/C20H23NO6/c1-25-16-7-9-17(10-8-16)26-13-12-21-19(22)14-27-18-5-2-15(3-6-18)4-11-20(23)24/h2-3,5-10H,4,11-14H2,1H3,(H,21,22)(H,23,24). The van der Waals surface area contributed by atoms with Crippen LogP contribution in [0, 0.1) is 0 Å². The van der Waals surface area contributed by atoms with Crippen molar-refractivity contribution >= 4 is 11.9 Å². The summed E-state index contributed by atoms with van der Waals surface area (Å²) in [6.45, 7) is 0.607. The lowest BCUT2D eigenvalue weighted by molar-refractivity contribution is -0.137. The van der Waals surface area contributed by atoms with Crippen molar-refractivity contribution in [2.24, 2.45) is 0 Å². The monoisotopic (exact) mass is 373 g/mol. The van der Waals surface area contributed by atoms with Gasteiger partial charge in [-0.25, -0.2) is 0 Å². The van der Waals surface area contributed by atoms with Gasteiger partial charge in [-0.2, -0.15) is 0 Å². The molecule has 0 heterocycles. The summed E-state index contributed by atoms with van der Waals surface area (Å²) in [5.74, 6) is 0.928. The second-order valence-electron chi connectivity index (χ2n) is 5.70. The van der Waals surface area contributed by atoms with E-state index in [0.29, 0.717) is 31.1 Å². The highest BCUT2D eigenvalue weighted by molar-refractivity contribution is 5.77. The Labute approximate surface area is 157 Å². The third kappa shape index (κ3) is 7.68. The van der Waals surface area contributed by atoms with Crippen LogP contribution in [0.5, 0.6) is 17.2 Å². The molecule has 0 aromatic heterocycles. The van der Waals surface area contributed by atoms with Gasteiger partial charge in [-0.3, -0.25) is 9.59 Å². The van der Waals surface area contributed by atoms with Crippen LogP contribution in [0.15, 0.2) is 48.5 Å². The zero-order valence-electron chi connectivity index (χ0n) is 15.1. The zero-order chi connectivity index (χ0) is 19.5. The number of rotatable bonds is 11. The van der Waals surface area contributed by atoms with Crippen molar-refractivity contribution < 1.29 is 28.9 Å². The van der Waals surface area contributed by atoms with Gasteiger partial charge in [-0.15, -0.1) is 0 Å². The Balaban J connectivity index is 1.62. The van der Waals surface area contributed by atoms with E-state index in [1.165, 1.54) is 0 Å². The summed E-state index contributed by atoms with van der Waals surface area (Å²) in [5, 5.41) is 11.4. The predicted molar refractivity (Wildman–Crippen MR) is 99.4 cm³/mol. The van der Waals surface area contributed by atoms with Crippen LogP contribution in [0.3, 0.4) is 0 Å². The Bertz CT molecular complexity index is 727. The van der Waals surface area contributed by atoms with Gasteiger partial charge in [0.2, 0.25) is 0 Å². The van der Waals surface area contributed by atoms with E-state index in [1.807, 2.05) is 0 Å². The molecule has 0 radical (unpaired) electrons. The van der Waals surface area contributed by atoms with Gasteiger partial charge in [0, 0.05) is 6.42 Å². The molecule has 0 aliphatic heterocycles. The van der Waals surface area contributed by atoms with Crippen molar-refractivity contribution in [1.29, 1.82) is 0 Å². The lowest BCUT2D eigenvalue weighted by Crippen LogP contribution is -2.32. The number of carboxylic acids is 1. The summed E-state index contributed by atoms with van der Waals surface area (Å²) < 4.78 is 16.0. The molecule has 0 unspecified atom stereocenters. The normalized spacial score (nSPS) is 10.1. The number of methoxy groups -OCH3 is 1. The molecule has 2 N–H and O–H groups in total. The molecule has 2 aromatic carbocycles. The fourth-order valence-electron chi connectivity index (χ4n) is 2.23. The van der Waals surface area contributed by atoms with Crippen molar-refractivity contribution in [3.63, 3.8) is 0 Å². The minimum Gasteiger partial charge on any atom is -0.497 e. The number of hydrogen-bond donors (Lipinski definition) is 2. The molecule has 0 atom stereocenters. The van der Waals surface area contributed by atoms with E-state index < -0.39 is 5.97 Å². The summed E-state index contributed by atoms with van der Waals surface area (Å²) in [4.78, 5) is 22.3. The van der Waals surface area contributed by atoms with Crippen LogP contribution in [0.4, 0.5) is 0 Å². The van der Waals surface area contributed by atoms with E-state index in [2.05, 4.69) is 5.32 Å². The highest BCUT2D eigenvalue weighted by Gasteiger charge is 2.04. The fourth-order valence-corrected chi connectivity index (χ4v) is 2.23. The van der Waals surface area contributed by atoms with E-state index in [9.17, 15) is 9.59 Å². The summed E-state index contributed by atoms with van der Waals surface area (Å²) in [6, 6.07) is 14.2. The average molecular weight is 373 g/mol. The van der Waals surface area contributed by atoms with Crippen molar-refractivity contribution in [2.75, 3.05) is 26.9 Å². The molecule has 0 saturated carbocycles. The summed E-state index contributed by atoms with van der Waals surface area (Å²) in [6.07, 6.45) is 0.547. The van der Waals surface area contributed by atoms with E-state index in [0.717, 1.165) is 11.3 Å². The van der Waals surface area contributed by atoms with Crippen molar-refractivity contribution in [2.45, 2.75) is 12.8 Å². The molecule has 7 nitrogen and oxygen atoms in total. The molecule has 1 amide bonds. The Morgan fingerprint density at radius 1 is 0.926 bits per heavy atom. The van der Waals surface area contributed by atoms with Gasteiger partial charge in [0.25, 0.3) is 5.91 Å². The number of carboxylic acid groups (broad SMARTS) is 1. The predicted octanol–water partition coefficient (Wildman–Crippen LogP) is 2.29. The number of benzene rings is 2. The van der Waals surface area contributed by atoms with Crippen molar-refractivity contribution in [3.8, 4) is 17.2 Å². The van der Waals surface area contributed by atoms with Gasteiger partial charge in [-0.05, 0) is 48.4 Å². The molecular formula is C20H23NO6. The molecule has 0 aliphatic carbocycles. The molecule has 0 aliphatic rings. The number of aliphatic carboxylic acids is 1. The van der Waals surface area contributed by atoms with E-state index >= 15 is 0 Å². The minimum atomic E-state index is -0.831. The quantitative estimate of drug-likeness (QED) is 0.587. The first-order valence-corrected chi connectivity index (χ1v) is 8.54. The Kier molecular flexibility index (Phi) is 7.96. The topological polar surface area (TPSA) is 94.1 Å². The van der Waals surface area contributed by atoms with Crippen LogP contribution in [0.2, 0.25) is 0 Å². The third-order valence-corrected chi connectivity index (χ3v) is 3.67. The average Bonchev–Trinajstić information content (AvgIpc) is 2.69. The van der Waals surface area contributed by atoms with E-state index in [-0.39, 0.29) is 18.9 Å². The van der Waals surface area contributed by atoms with Crippen molar-refractivity contribution in [1.82, 2.24) is 5.32 Å². The number of carbonyl (C=O) groups is 2. The van der Waals surface area contributed by atoms with Crippen LogP contribution in [-0.4, -0.2) is 43.9 Å². The van der Waals surface area contributed by atoms with Gasteiger partial charge in [-0.1, -0.05) is 12.1 Å². The Morgan fingerprint density at radius 3 is 2.15 bits per heavy atom. The van der Waals surface area contributed by atoms with Gasteiger partial charge < -0.3 is 24.6 Å². The SMILES string of the molecule is COc1ccc(OCCNC(=O)COc2ccc(CCC(=O)O)cc2)cc1. The second-order valence-corrected chi connectivity index (χ2v) is 5.70. The first-order valence-electron chi connectivity index (χ1n) is 8.54. The first-order chi connectivity index (χ1) is 13.1. The maximum atomic E-state index is 11.8. The zero-order valence-corrected chi connectivity index (χ0v) is 15.1. The first kappa shape index (κ1) is 20.1. The minimum absolute atomic E-state index is 0.0845. The summed E-state index contributed by atoms with van der Waals surface area (Å²) in [5.41, 5.74) is 0.907. The molecule has 0 bridgehead atoms. The molecule has 27 heavy (non-hydrogen) atoms. The van der Waals surface area contributed by atoms with Crippen LogP contribution in [-0.2, 0) is 16.0 Å². The molecule has 144 valence electrons. The lowest BCUT2D eigenvalue weighted by atomic mass is 10.1. The lowest BCUT2D eigenvalue weighted by Gasteiger charge is -2.09. The largest absolute Gasteiger partial charge is 0.497 e. The maximum Gasteiger partial charge on any atom is 0.303 e. The van der Waals surface area contributed by atoms with E-state index in [4.69, 9.17) is 19.3 Å². The number of hydrogen-bond acceptors (Lipinski definition) is 5. The van der Waals surface area contributed by atoms with Gasteiger partial charge in [0.1, 0.15) is 23.9 Å². The Hall–Kier alpha value is -3.22. The Morgan fingerprint density at radius 2 is 1.52 bits per heavy atom. The highest BCUT2D eigenvalue weighted by atomic mass is 16.5. The highest BCUT2D eigenvalue weighted by Crippen LogP contribution is 2.16. The van der Waals surface area contributed by atoms with Crippen LogP contribution >= 0.6 is 0 Å². The molecule has 2 rings (SSSR count). The molecule has 0 saturated heterocycles. The molecule has 0 fully saturated rings. The van der Waals surface area contributed by atoms with Crippen LogP contribution in [0.1, 0.15) is 12.0 Å². The van der Waals surface area contributed by atoms with Crippen LogP contribution in [0.25, 0.3) is 0 Å². The smallest absolute Gasteiger partial charge is 0.303 e.